The molecule has 2 nitrogen and oxygen atoms in total. The summed E-state index contributed by atoms with van der Waals surface area (Å²) in [5.41, 5.74) is 7.69. The third-order valence-corrected chi connectivity index (χ3v) is 5.23. The first kappa shape index (κ1) is 18.1. The smallest absolute Gasteiger partial charge is 0.179 e. The van der Waals surface area contributed by atoms with E-state index in [0.717, 1.165) is 13.1 Å². The van der Waals surface area contributed by atoms with Crippen molar-refractivity contribution in [3.05, 3.63) is 120 Å². The second kappa shape index (κ2) is 8.18. The van der Waals surface area contributed by atoms with Gasteiger partial charge >= 0.3 is 0 Å². The fourth-order valence-electron chi connectivity index (χ4n) is 3.56. The SMILES string of the molecule is Cc1cc(-c2cc[n+](Cc3ccccc3)c(C)c2)cc[n+]1Cc1ccccc1. The van der Waals surface area contributed by atoms with E-state index in [1.807, 2.05) is 0 Å². The van der Waals surface area contributed by atoms with Gasteiger partial charge in [0, 0.05) is 49.2 Å². The van der Waals surface area contributed by atoms with Gasteiger partial charge in [-0.15, -0.1) is 0 Å². The van der Waals surface area contributed by atoms with Crippen molar-refractivity contribution in [2.75, 3.05) is 0 Å². The van der Waals surface area contributed by atoms with Crippen molar-refractivity contribution in [1.82, 2.24) is 0 Å². The molecule has 0 aliphatic rings. The average molecular weight is 367 g/mol. The zero-order valence-corrected chi connectivity index (χ0v) is 16.5. The molecule has 2 aromatic carbocycles. The van der Waals surface area contributed by atoms with Crippen LogP contribution in [-0.2, 0) is 13.1 Å². The molecule has 2 aromatic heterocycles. The van der Waals surface area contributed by atoms with Gasteiger partial charge in [0.2, 0.25) is 0 Å². The molecular formula is C26H26N2+2. The van der Waals surface area contributed by atoms with E-state index in [0.29, 0.717) is 0 Å². The Morgan fingerprint density at radius 2 is 0.929 bits per heavy atom. The number of aromatic nitrogens is 2. The van der Waals surface area contributed by atoms with Gasteiger partial charge in [-0.05, 0) is 11.1 Å². The van der Waals surface area contributed by atoms with Crippen molar-refractivity contribution in [2.24, 2.45) is 0 Å². The van der Waals surface area contributed by atoms with Crippen LogP contribution in [0.1, 0.15) is 22.5 Å². The number of rotatable bonds is 5. The molecule has 2 heterocycles. The van der Waals surface area contributed by atoms with Crippen molar-refractivity contribution >= 4 is 0 Å². The highest BCUT2D eigenvalue weighted by molar-refractivity contribution is 5.62. The van der Waals surface area contributed by atoms with Crippen molar-refractivity contribution < 1.29 is 9.13 Å². The summed E-state index contributed by atoms with van der Waals surface area (Å²) in [6.07, 6.45) is 4.38. The Morgan fingerprint density at radius 3 is 1.29 bits per heavy atom. The zero-order valence-electron chi connectivity index (χ0n) is 16.5. The average Bonchev–Trinajstić information content (AvgIpc) is 2.72. The molecular weight excluding hydrogens is 340 g/mol. The first-order valence-electron chi connectivity index (χ1n) is 9.77. The fraction of sp³-hybridized carbons (Fsp3) is 0.154. The Hall–Kier alpha value is -3.26. The molecule has 0 aliphatic heterocycles. The molecule has 0 aliphatic carbocycles. The largest absolute Gasteiger partial charge is 0.198 e. The van der Waals surface area contributed by atoms with E-state index in [2.05, 4.69) is 120 Å². The van der Waals surface area contributed by atoms with E-state index in [1.54, 1.807) is 0 Å². The molecule has 0 unspecified atom stereocenters. The normalized spacial score (nSPS) is 10.8. The highest BCUT2D eigenvalue weighted by atomic mass is 15.0. The summed E-state index contributed by atoms with van der Waals surface area (Å²) in [7, 11) is 0. The van der Waals surface area contributed by atoms with Crippen LogP contribution in [0.4, 0.5) is 0 Å². The van der Waals surface area contributed by atoms with E-state index in [4.69, 9.17) is 0 Å². The highest BCUT2D eigenvalue weighted by Crippen LogP contribution is 2.19. The van der Waals surface area contributed by atoms with Crippen LogP contribution >= 0.6 is 0 Å². The predicted octanol–water partition coefficient (Wildman–Crippen LogP) is 4.64. The van der Waals surface area contributed by atoms with Crippen molar-refractivity contribution in [1.29, 1.82) is 0 Å². The molecule has 28 heavy (non-hydrogen) atoms. The number of pyridine rings is 2. The molecule has 0 fully saturated rings. The first-order valence-corrected chi connectivity index (χ1v) is 9.77. The monoisotopic (exact) mass is 366 g/mol. The molecule has 4 rings (SSSR count). The minimum Gasteiger partial charge on any atom is -0.198 e. The summed E-state index contributed by atoms with van der Waals surface area (Å²) in [5.74, 6) is 0. The van der Waals surface area contributed by atoms with Gasteiger partial charge in [0.15, 0.2) is 36.9 Å². The Balaban J connectivity index is 1.55. The van der Waals surface area contributed by atoms with Crippen LogP contribution in [0.2, 0.25) is 0 Å². The van der Waals surface area contributed by atoms with Gasteiger partial charge in [-0.2, -0.15) is 9.13 Å². The number of aryl methyl sites for hydroxylation is 2. The van der Waals surface area contributed by atoms with Crippen LogP contribution in [0.3, 0.4) is 0 Å². The van der Waals surface area contributed by atoms with Crippen molar-refractivity contribution in [2.45, 2.75) is 26.9 Å². The maximum absolute atomic E-state index is 2.30. The second-order valence-corrected chi connectivity index (χ2v) is 7.34. The number of hydrogen-bond acceptors (Lipinski definition) is 0. The van der Waals surface area contributed by atoms with Gasteiger partial charge in [-0.1, -0.05) is 60.7 Å². The van der Waals surface area contributed by atoms with Gasteiger partial charge in [0.1, 0.15) is 0 Å². The van der Waals surface area contributed by atoms with Gasteiger partial charge < -0.3 is 0 Å². The molecule has 0 N–H and O–H groups in total. The van der Waals surface area contributed by atoms with Crippen LogP contribution in [0.25, 0.3) is 11.1 Å². The topological polar surface area (TPSA) is 7.76 Å². The summed E-state index contributed by atoms with van der Waals surface area (Å²) in [6.45, 7) is 6.16. The van der Waals surface area contributed by atoms with Crippen LogP contribution in [-0.4, -0.2) is 0 Å². The summed E-state index contributed by atoms with van der Waals surface area (Å²) in [5, 5.41) is 0. The molecule has 0 radical (unpaired) electrons. The summed E-state index contributed by atoms with van der Waals surface area (Å²) < 4.78 is 4.59. The standard InChI is InChI=1S/C26H26N2/c1-21-17-25(13-15-27(21)19-23-9-5-3-6-10-23)26-14-16-28(22(2)18-26)20-24-11-7-4-8-12-24/h3-18H,19-20H2,1-2H3/q+2. The molecule has 0 bridgehead atoms. The molecule has 4 aromatic rings. The molecule has 0 spiro atoms. The Bertz CT molecular complexity index is 981. The van der Waals surface area contributed by atoms with Crippen LogP contribution in [0.5, 0.6) is 0 Å². The highest BCUT2D eigenvalue weighted by Gasteiger charge is 2.13. The third-order valence-electron chi connectivity index (χ3n) is 5.23. The lowest BCUT2D eigenvalue weighted by Crippen LogP contribution is -2.37. The van der Waals surface area contributed by atoms with Gasteiger partial charge in [0.05, 0.1) is 0 Å². The lowest BCUT2D eigenvalue weighted by molar-refractivity contribution is -0.694. The fourth-order valence-corrected chi connectivity index (χ4v) is 3.56. The minimum atomic E-state index is 0.901. The molecule has 0 amide bonds. The summed E-state index contributed by atoms with van der Waals surface area (Å²) in [6, 6.07) is 30.2. The van der Waals surface area contributed by atoms with E-state index in [-0.39, 0.29) is 0 Å². The Morgan fingerprint density at radius 1 is 0.536 bits per heavy atom. The maximum Gasteiger partial charge on any atom is 0.179 e. The van der Waals surface area contributed by atoms with E-state index in [9.17, 15) is 0 Å². The third kappa shape index (κ3) is 4.17. The van der Waals surface area contributed by atoms with Crippen molar-refractivity contribution in [3.8, 4) is 11.1 Å². The summed E-state index contributed by atoms with van der Waals surface area (Å²) >= 11 is 0. The second-order valence-electron chi connectivity index (χ2n) is 7.34. The van der Waals surface area contributed by atoms with Crippen molar-refractivity contribution in [3.63, 3.8) is 0 Å². The van der Waals surface area contributed by atoms with E-state index in [1.165, 1.54) is 33.6 Å². The van der Waals surface area contributed by atoms with Gasteiger partial charge in [0.25, 0.3) is 0 Å². The van der Waals surface area contributed by atoms with Crippen LogP contribution in [0.15, 0.2) is 97.3 Å². The number of benzene rings is 2. The van der Waals surface area contributed by atoms with E-state index < -0.39 is 0 Å². The van der Waals surface area contributed by atoms with Gasteiger partial charge in [-0.25, -0.2) is 0 Å². The van der Waals surface area contributed by atoms with E-state index >= 15 is 0 Å². The zero-order chi connectivity index (χ0) is 19.3. The lowest BCUT2D eigenvalue weighted by Gasteiger charge is -2.06. The number of nitrogens with zero attached hydrogens (tertiary/aromatic N) is 2. The molecule has 0 saturated carbocycles. The maximum atomic E-state index is 2.30. The Kier molecular flexibility index (Phi) is 5.29. The van der Waals surface area contributed by atoms with Gasteiger partial charge in [-0.3, -0.25) is 0 Å². The summed E-state index contributed by atoms with van der Waals surface area (Å²) in [4.78, 5) is 0. The molecule has 138 valence electrons. The van der Waals surface area contributed by atoms with Crippen LogP contribution < -0.4 is 9.13 Å². The van der Waals surface area contributed by atoms with Crippen LogP contribution in [0, 0.1) is 13.8 Å². The number of hydrogen-bond donors (Lipinski definition) is 0. The quantitative estimate of drug-likeness (QED) is 0.455. The Labute approximate surface area is 167 Å². The predicted molar refractivity (Wildman–Crippen MR) is 113 cm³/mol. The first-order chi connectivity index (χ1) is 13.7. The molecule has 2 heteroatoms. The minimum absolute atomic E-state index is 0.901. The molecule has 0 atom stereocenters. The lowest BCUT2D eigenvalue weighted by atomic mass is 10.1. The molecule has 0 saturated heterocycles.